The molecule has 1 heterocycles. The predicted octanol–water partition coefficient (Wildman–Crippen LogP) is 3.01. The molecule has 132 valence electrons. The van der Waals surface area contributed by atoms with Crippen LogP contribution in [-0.2, 0) is 14.3 Å². The van der Waals surface area contributed by atoms with E-state index in [2.05, 4.69) is 20.8 Å². The number of hydrogen-bond donors (Lipinski definition) is 1. The van der Waals surface area contributed by atoms with Crippen molar-refractivity contribution in [2.75, 3.05) is 13.2 Å². The number of ketones is 1. The smallest absolute Gasteiger partial charge is 0.195 e. The average Bonchev–Trinajstić information content (AvgIpc) is 3.11. The summed E-state index contributed by atoms with van der Waals surface area (Å²) in [4.78, 5) is 13.1. The van der Waals surface area contributed by atoms with Gasteiger partial charge < -0.3 is 14.6 Å². The van der Waals surface area contributed by atoms with Crippen molar-refractivity contribution in [2.24, 2.45) is 23.2 Å². The van der Waals surface area contributed by atoms with Crippen molar-refractivity contribution >= 4 is 5.78 Å². The number of fused-ring (bicyclic) bond motifs is 4. The third-order valence-electron chi connectivity index (χ3n) is 6.76. The maximum Gasteiger partial charge on any atom is 0.195 e. The maximum absolute atomic E-state index is 13.1. The zero-order valence-electron chi connectivity index (χ0n) is 14.9. The van der Waals surface area contributed by atoms with E-state index >= 15 is 0 Å². The van der Waals surface area contributed by atoms with Crippen molar-refractivity contribution < 1.29 is 19.4 Å². The summed E-state index contributed by atoms with van der Waals surface area (Å²) in [5.41, 5.74) is 1.64. The Labute approximate surface area is 143 Å². The van der Waals surface area contributed by atoms with Crippen LogP contribution in [0.4, 0.5) is 0 Å². The van der Waals surface area contributed by atoms with Gasteiger partial charge in [-0.1, -0.05) is 26.8 Å². The van der Waals surface area contributed by atoms with E-state index in [0.717, 1.165) is 24.0 Å². The van der Waals surface area contributed by atoms with E-state index in [4.69, 9.17) is 9.47 Å². The van der Waals surface area contributed by atoms with Gasteiger partial charge in [-0.25, -0.2) is 0 Å². The van der Waals surface area contributed by atoms with Crippen LogP contribution in [-0.4, -0.2) is 36.0 Å². The number of allylic oxidation sites excluding steroid dienone is 1. The first-order valence-corrected chi connectivity index (χ1v) is 9.32. The lowest BCUT2D eigenvalue weighted by Gasteiger charge is -2.43. The summed E-state index contributed by atoms with van der Waals surface area (Å²) in [5, 5.41) is 10.5. The first-order chi connectivity index (χ1) is 11.4. The Morgan fingerprint density at radius 2 is 1.92 bits per heavy atom. The van der Waals surface area contributed by atoms with Crippen LogP contribution in [0.5, 0.6) is 0 Å². The molecule has 24 heavy (non-hydrogen) atoms. The molecular formula is C20H28O4. The van der Waals surface area contributed by atoms with Crippen molar-refractivity contribution in [2.45, 2.75) is 58.3 Å². The third kappa shape index (κ3) is 2.19. The Balaban J connectivity index is 1.88. The van der Waals surface area contributed by atoms with E-state index in [1.54, 1.807) is 6.08 Å². The molecule has 0 amide bonds. The average molecular weight is 332 g/mol. The molecule has 0 aromatic heterocycles. The molecule has 0 aromatic rings. The Kier molecular flexibility index (Phi) is 3.79. The van der Waals surface area contributed by atoms with Crippen molar-refractivity contribution in [3.05, 3.63) is 23.3 Å². The number of ether oxygens (including phenoxy) is 2. The van der Waals surface area contributed by atoms with E-state index in [1.165, 1.54) is 0 Å². The monoisotopic (exact) mass is 332 g/mol. The summed E-state index contributed by atoms with van der Waals surface area (Å²) in [6.45, 7) is 7.68. The summed E-state index contributed by atoms with van der Waals surface area (Å²) in [6.07, 6.45) is 6.45. The van der Waals surface area contributed by atoms with E-state index in [0.29, 0.717) is 37.9 Å². The molecule has 1 spiro atoms. The highest BCUT2D eigenvalue weighted by Gasteiger charge is 2.58. The minimum Gasteiger partial charge on any atom is -0.389 e. The number of aliphatic hydroxyl groups excluding tert-OH is 1. The number of rotatable bonds is 1. The summed E-state index contributed by atoms with van der Waals surface area (Å²) in [5.74, 6) is 0.495. The number of carbonyl (C=O) groups is 1. The van der Waals surface area contributed by atoms with Gasteiger partial charge >= 0.3 is 0 Å². The molecule has 1 aliphatic heterocycles. The van der Waals surface area contributed by atoms with Crippen molar-refractivity contribution in [1.29, 1.82) is 0 Å². The first kappa shape index (κ1) is 16.5. The van der Waals surface area contributed by atoms with Gasteiger partial charge in [0.25, 0.3) is 0 Å². The van der Waals surface area contributed by atoms with E-state index < -0.39 is 11.9 Å². The standard InChI is InChI=1S/C20H28O4/c1-12(2)14-5-6-19(3)17(22)11-16-15(18(14)19)10-13(21)4-7-20(16)23-8-9-24-20/h10-14,18,21H,4-9H2,1-3H3/t13-,14+,18-,19+/m0/s1. The van der Waals surface area contributed by atoms with Gasteiger partial charge in [0.05, 0.1) is 19.3 Å². The second-order valence-corrected chi connectivity index (χ2v) is 8.44. The summed E-state index contributed by atoms with van der Waals surface area (Å²) >= 11 is 0. The fourth-order valence-corrected chi connectivity index (χ4v) is 5.42. The number of aliphatic hydroxyl groups is 1. The molecule has 0 bridgehead atoms. The normalized spacial score (nSPS) is 41.0. The lowest BCUT2D eigenvalue weighted by molar-refractivity contribution is -0.138. The molecule has 2 fully saturated rings. The highest BCUT2D eigenvalue weighted by molar-refractivity contribution is 5.99. The van der Waals surface area contributed by atoms with Crippen LogP contribution in [0.2, 0.25) is 0 Å². The zero-order chi connectivity index (χ0) is 17.1. The van der Waals surface area contributed by atoms with Gasteiger partial charge in [0.1, 0.15) is 0 Å². The number of carbonyl (C=O) groups excluding carboxylic acids is 1. The molecule has 4 aliphatic rings. The van der Waals surface area contributed by atoms with E-state index in [-0.39, 0.29) is 17.1 Å². The summed E-state index contributed by atoms with van der Waals surface area (Å²) < 4.78 is 12.0. The minimum absolute atomic E-state index is 0.155. The van der Waals surface area contributed by atoms with E-state index in [9.17, 15) is 9.90 Å². The lowest BCUT2D eigenvalue weighted by Crippen LogP contribution is -2.44. The molecule has 0 aromatic carbocycles. The van der Waals surface area contributed by atoms with Crippen LogP contribution < -0.4 is 0 Å². The van der Waals surface area contributed by atoms with Gasteiger partial charge in [0.15, 0.2) is 11.6 Å². The van der Waals surface area contributed by atoms with Crippen LogP contribution in [0.25, 0.3) is 0 Å². The van der Waals surface area contributed by atoms with Crippen molar-refractivity contribution in [3.8, 4) is 0 Å². The molecule has 4 atom stereocenters. The molecule has 4 rings (SSSR count). The second-order valence-electron chi connectivity index (χ2n) is 8.44. The van der Waals surface area contributed by atoms with Crippen molar-refractivity contribution in [3.63, 3.8) is 0 Å². The van der Waals surface area contributed by atoms with Gasteiger partial charge in [-0.3, -0.25) is 4.79 Å². The molecule has 4 nitrogen and oxygen atoms in total. The van der Waals surface area contributed by atoms with Crippen LogP contribution >= 0.6 is 0 Å². The molecule has 3 aliphatic carbocycles. The first-order valence-electron chi connectivity index (χ1n) is 9.32. The summed E-state index contributed by atoms with van der Waals surface area (Å²) in [7, 11) is 0. The van der Waals surface area contributed by atoms with Crippen molar-refractivity contribution in [1.82, 2.24) is 0 Å². The van der Waals surface area contributed by atoms with Gasteiger partial charge in [-0.15, -0.1) is 0 Å². The molecule has 4 heteroatoms. The van der Waals surface area contributed by atoms with Gasteiger partial charge in [0, 0.05) is 17.4 Å². The Bertz CT molecular complexity index is 611. The zero-order valence-corrected chi connectivity index (χ0v) is 14.9. The maximum atomic E-state index is 13.1. The van der Waals surface area contributed by atoms with Gasteiger partial charge in [-0.2, -0.15) is 0 Å². The Morgan fingerprint density at radius 1 is 1.21 bits per heavy atom. The fraction of sp³-hybridized carbons (Fsp3) is 0.750. The quantitative estimate of drug-likeness (QED) is 0.802. The highest BCUT2D eigenvalue weighted by atomic mass is 16.7. The Hall–Kier alpha value is -0.970. The second kappa shape index (κ2) is 5.52. The number of hydrogen-bond acceptors (Lipinski definition) is 4. The van der Waals surface area contributed by atoms with Crippen LogP contribution in [0.3, 0.4) is 0 Å². The molecular weight excluding hydrogens is 304 g/mol. The predicted molar refractivity (Wildman–Crippen MR) is 90.2 cm³/mol. The molecule has 0 radical (unpaired) electrons. The third-order valence-corrected chi connectivity index (χ3v) is 6.76. The topological polar surface area (TPSA) is 55.8 Å². The molecule has 1 saturated carbocycles. The Morgan fingerprint density at radius 3 is 2.58 bits per heavy atom. The largest absolute Gasteiger partial charge is 0.389 e. The lowest BCUT2D eigenvalue weighted by atomic mass is 9.62. The fourth-order valence-electron chi connectivity index (χ4n) is 5.42. The molecule has 1 saturated heterocycles. The SMILES string of the molecule is CC(C)[C@H]1CC[C@]2(C)C(=O)C=C3C(=C[C@@H](O)CCC34OCCO4)[C@H]12. The van der Waals surface area contributed by atoms with Gasteiger partial charge in [-0.05, 0) is 48.7 Å². The highest BCUT2D eigenvalue weighted by Crippen LogP contribution is 2.59. The minimum atomic E-state index is -0.829. The van der Waals surface area contributed by atoms with Gasteiger partial charge in [0.2, 0.25) is 0 Å². The van der Waals surface area contributed by atoms with E-state index in [1.807, 2.05) is 6.08 Å². The van der Waals surface area contributed by atoms with Crippen LogP contribution in [0, 0.1) is 23.2 Å². The summed E-state index contributed by atoms with van der Waals surface area (Å²) in [6, 6.07) is 0. The molecule has 1 N–H and O–H groups in total. The van der Waals surface area contributed by atoms with Crippen LogP contribution in [0.15, 0.2) is 23.3 Å². The van der Waals surface area contributed by atoms with Crippen LogP contribution in [0.1, 0.15) is 46.5 Å². The molecule has 0 unspecified atom stereocenters.